The average Bonchev–Trinajstić information content (AvgIpc) is 3.20. The van der Waals surface area contributed by atoms with Gasteiger partial charge in [-0.15, -0.1) is 11.8 Å². The van der Waals surface area contributed by atoms with Gasteiger partial charge in [-0.1, -0.05) is 60.7 Å². The van der Waals surface area contributed by atoms with E-state index < -0.39 is 60.3 Å². The molecule has 1 aliphatic rings. The molecule has 4 aromatic carbocycles. The van der Waals surface area contributed by atoms with Crippen molar-refractivity contribution in [2.24, 2.45) is 0 Å². The Morgan fingerprint density at radius 2 is 1.62 bits per heavy atom. The van der Waals surface area contributed by atoms with E-state index >= 15 is 0 Å². The Balaban J connectivity index is 1.37. The zero-order valence-electron chi connectivity index (χ0n) is 33.9. The number of para-hydroxylation sites is 1. The molecule has 1 aromatic heterocycles. The highest BCUT2D eigenvalue weighted by Crippen LogP contribution is 2.32. The number of thioether (sulfide) groups is 1. The third-order valence-electron chi connectivity index (χ3n) is 8.82. The zero-order valence-corrected chi connectivity index (χ0v) is 28.7. The summed E-state index contributed by atoms with van der Waals surface area (Å²) in [6.07, 6.45) is -4.29. The van der Waals surface area contributed by atoms with Crippen molar-refractivity contribution in [1.29, 1.82) is 0 Å². The third-order valence-corrected chi connectivity index (χ3v) is 9.88. The summed E-state index contributed by atoms with van der Waals surface area (Å²) in [7, 11) is 1.05. The number of piperidine rings is 1. The number of halogens is 5. The summed E-state index contributed by atoms with van der Waals surface area (Å²) in [6, 6.07) is 21.5. The van der Waals surface area contributed by atoms with Gasteiger partial charge in [0.15, 0.2) is 17.1 Å². The lowest BCUT2D eigenvalue weighted by Crippen LogP contribution is -2.48. The lowest BCUT2D eigenvalue weighted by molar-refractivity contribution is -0.137. The number of hydrogen-bond acceptors (Lipinski definition) is 5. The number of rotatable bonds is 12. The number of fused-ring (bicyclic) bond motifs is 1. The van der Waals surface area contributed by atoms with Crippen molar-refractivity contribution >= 4 is 28.6 Å². The number of alkyl halides is 3. The monoisotopic (exact) mass is 741 g/mol. The van der Waals surface area contributed by atoms with Gasteiger partial charge in [0.1, 0.15) is 6.50 Å². The number of benzene rings is 4. The number of pyridine rings is 1. The van der Waals surface area contributed by atoms with Crippen LogP contribution in [-0.4, -0.2) is 59.6 Å². The van der Waals surface area contributed by atoms with E-state index in [1.807, 2.05) is 0 Å². The van der Waals surface area contributed by atoms with Crippen LogP contribution in [0, 0.1) is 11.6 Å². The Bertz CT molecular complexity index is 2340. The maximum atomic E-state index is 14.9. The summed E-state index contributed by atoms with van der Waals surface area (Å²) in [5, 5.41) is 0.0742. The smallest absolute Gasteiger partial charge is 0.383 e. The van der Waals surface area contributed by atoms with Gasteiger partial charge in [0.05, 0.1) is 28.1 Å². The van der Waals surface area contributed by atoms with Crippen molar-refractivity contribution in [3.8, 4) is 11.1 Å². The number of hydrogen-bond donors (Lipinski definition) is 0. The predicted octanol–water partition coefficient (Wildman–Crippen LogP) is 8.40. The first-order valence-electron chi connectivity index (χ1n) is 19.3. The lowest BCUT2D eigenvalue weighted by atomic mass is 10.00. The number of likely N-dealkylation sites (tertiary alicyclic amines) is 1. The molecule has 0 N–H and O–H groups in total. The van der Waals surface area contributed by atoms with Crippen LogP contribution in [0.1, 0.15) is 37.8 Å². The summed E-state index contributed by atoms with van der Waals surface area (Å²) >= 11 is 0.844. The number of methoxy groups -OCH3 is 1. The fourth-order valence-corrected chi connectivity index (χ4v) is 7.05. The molecule has 5 aromatic rings. The summed E-state index contributed by atoms with van der Waals surface area (Å²) in [5.41, 5.74) is 0.372. The van der Waals surface area contributed by atoms with Crippen LogP contribution in [0.15, 0.2) is 107 Å². The largest absolute Gasteiger partial charge is 0.416 e. The first-order chi connectivity index (χ1) is 27.3. The molecule has 0 aliphatic carbocycles. The van der Waals surface area contributed by atoms with E-state index in [1.54, 1.807) is 36.4 Å². The molecule has 1 saturated heterocycles. The molecule has 0 atom stereocenters. The van der Waals surface area contributed by atoms with E-state index in [9.17, 15) is 34.3 Å². The van der Waals surface area contributed by atoms with Crippen LogP contribution < -0.4 is 5.43 Å². The molecular weight excluding hydrogens is 698 g/mol. The van der Waals surface area contributed by atoms with Crippen LogP contribution in [0.4, 0.5) is 22.0 Å². The third kappa shape index (κ3) is 8.74. The molecule has 0 unspecified atom stereocenters. The summed E-state index contributed by atoms with van der Waals surface area (Å²) in [5.74, 6) is -3.43. The number of carbonyl (C=O) groups excluding carboxylic acids is 1. The van der Waals surface area contributed by atoms with Gasteiger partial charge in [0.25, 0.3) is 0 Å². The minimum Gasteiger partial charge on any atom is -0.383 e. The Kier molecular flexibility index (Phi) is 9.48. The average molecular weight is 742 g/mol. The standard InChI is InChI=1S/C40H38F5N3O3S/c1-51-22-21-46-19-17-32(18-20-46)47(24-27-9-11-28(12-10-27)29-13-15-31(16-14-29)40(43,44)45)37(50)25-48-35-8-3-2-6-33(35)36(49)23-38(48)52-26-30-5-4-7-34(41)39(30)42/h2-16,23,32H,17-22,24-26H2,1H3/i21D2,22D2,25D2. The Morgan fingerprint density at radius 3 is 2.29 bits per heavy atom. The molecule has 2 heterocycles. The molecule has 6 rings (SSSR count). The van der Waals surface area contributed by atoms with Gasteiger partial charge in [0.2, 0.25) is 5.91 Å². The molecule has 52 heavy (non-hydrogen) atoms. The van der Waals surface area contributed by atoms with Gasteiger partial charge in [-0.3, -0.25) is 9.59 Å². The van der Waals surface area contributed by atoms with Crippen molar-refractivity contribution in [2.75, 3.05) is 33.3 Å². The van der Waals surface area contributed by atoms with Crippen LogP contribution in [0.3, 0.4) is 0 Å². The van der Waals surface area contributed by atoms with Crippen molar-refractivity contribution in [1.82, 2.24) is 14.4 Å². The van der Waals surface area contributed by atoms with Crippen LogP contribution >= 0.6 is 11.8 Å². The molecule has 0 bridgehead atoms. The molecule has 12 heteroatoms. The normalized spacial score (nSPS) is 16.7. The van der Waals surface area contributed by atoms with E-state index in [4.69, 9.17) is 10.2 Å². The SMILES string of the molecule is [2H]C([2H])(C(=O)N(Cc1ccc(-c2ccc(C(F)(F)F)cc2)cc1)C1CCN(C([2H])([2H])C([2H])([2H])OC)CC1)n1c(SCc2cccc(F)c2F)cc(=O)c2ccccc21. The molecule has 6 nitrogen and oxygen atoms in total. The Labute approximate surface area is 311 Å². The summed E-state index contributed by atoms with van der Waals surface area (Å²) in [6.45, 7) is -8.34. The lowest BCUT2D eigenvalue weighted by Gasteiger charge is -2.39. The van der Waals surface area contributed by atoms with E-state index in [-0.39, 0.29) is 59.7 Å². The fraction of sp³-hybridized carbons (Fsp3) is 0.300. The highest BCUT2D eigenvalue weighted by atomic mass is 32.2. The maximum Gasteiger partial charge on any atom is 0.416 e. The molecule has 0 radical (unpaired) electrons. The van der Waals surface area contributed by atoms with Gasteiger partial charge >= 0.3 is 6.18 Å². The van der Waals surface area contributed by atoms with E-state index in [0.717, 1.165) is 47.7 Å². The quantitative estimate of drug-likeness (QED) is 0.0951. The second-order valence-corrected chi connectivity index (χ2v) is 13.1. The van der Waals surface area contributed by atoms with Gasteiger partial charge in [-0.25, -0.2) is 8.78 Å². The minimum atomic E-state index is -4.50. The number of ether oxygens (including phenoxy) is 1. The molecule has 1 amide bonds. The van der Waals surface area contributed by atoms with Gasteiger partial charge in [0, 0.05) is 64.8 Å². The fourth-order valence-electron chi connectivity index (χ4n) is 6.06. The molecule has 0 saturated carbocycles. The number of amides is 1. The molecular formula is C40H38F5N3O3S. The van der Waals surface area contributed by atoms with Crippen molar-refractivity contribution in [3.05, 3.63) is 136 Å². The first kappa shape index (κ1) is 30.0. The van der Waals surface area contributed by atoms with Crippen molar-refractivity contribution in [3.63, 3.8) is 0 Å². The van der Waals surface area contributed by atoms with Crippen LogP contribution in [0.2, 0.25) is 0 Å². The van der Waals surface area contributed by atoms with E-state index in [2.05, 4.69) is 0 Å². The van der Waals surface area contributed by atoms with Crippen molar-refractivity contribution in [2.45, 2.75) is 48.9 Å². The van der Waals surface area contributed by atoms with E-state index in [0.29, 0.717) is 16.7 Å². The summed E-state index contributed by atoms with van der Waals surface area (Å²) in [4.78, 5) is 30.8. The number of carbonyl (C=O) groups is 1. The highest BCUT2D eigenvalue weighted by molar-refractivity contribution is 7.98. The van der Waals surface area contributed by atoms with Gasteiger partial charge in [-0.05, 0) is 59.9 Å². The highest BCUT2D eigenvalue weighted by Gasteiger charge is 2.31. The van der Waals surface area contributed by atoms with Crippen LogP contribution in [-0.2, 0) is 34.5 Å². The summed E-state index contributed by atoms with van der Waals surface area (Å²) < 4.78 is 126. The Hall–Kier alpha value is -4.52. The Morgan fingerprint density at radius 1 is 0.942 bits per heavy atom. The second-order valence-electron chi connectivity index (χ2n) is 12.2. The van der Waals surface area contributed by atoms with Gasteiger partial charge in [-0.2, -0.15) is 13.2 Å². The molecule has 0 spiro atoms. The number of aromatic nitrogens is 1. The molecule has 1 aliphatic heterocycles. The van der Waals surface area contributed by atoms with Crippen molar-refractivity contribution < 1.29 is 39.7 Å². The van der Waals surface area contributed by atoms with Crippen LogP contribution in [0.5, 0.6) is 0 Å². The topological polar surface area (TPSA) is 54.8 Å². The minimum absolute atomic E-state index is 0.0264. The second kappa shape index (κ2) is 16.4. The number of nitrogens with zero attached hydrogens (tertiary/aromatic N) is 3. The first-order valence-corrected chi connectivity index (χ1v) is 17.3. The van der Waals surface area contributed by atoms with Crippen LogP contribution in [0.25, 0.3) is 22.0 Å². The van der Waals surface area contributed by atoms with E-state index in [1.165, 1.54) is 46.2 Å². The molecule has 272 valence electrons. The predicted molar refractivity (Wildman–Crippen MR) is 193 cm³/mol. The zero-order chi connectivity index (χ0) is 42.2. The van der Waals surface area contributed by atoms with Gasteiger partial charge < -0.3 is 19.1 Å². The maximum absolute atomic E-state index is 14.9. The molecule has 1 fully saturated rings.